The lowest BCUT2D eigenvalue weighted by Crippen LogP contribution is -2.43. The van der Waals surface area contributed by atoms with Crippen molar-refractivity contribution in [3.63, 3.8) is 0 Å². The number of carbonyl (C=O) groups excluding carboxylic acids is 1. The van der Waals surface area contributed by atoms with Crippen molar-refractivity contribution in [1.82, 2.24) is 9.80 Å². The number of aliphatic hydroxyl groups excluding tert-OH is 1. The Morgan fingerprint density at radius 1 is 1.38 bits per heavy atom. The maximum absolute atomic E-state index is 11.8. The summed E-state index contributed by atoms with van der Waals surface area (Å²) in [5.41, 5.74) is 0. The monoisotopic (exact) mass is 232 g/mol. The molecule has 0 aliphatic rings. The van der Waals surface area contributed by atoms with E-state index in [0.29, 0.717) is 26.2 Å². The van der Waals surface area contributed by atoms with E-state index in [9.17, 15) is 4.79 Å². The van der Waals surface area contributed by atoms with Crippen molar-refractivity contribution >= 4 is 5.91 Å². The number of nitrogens with zero attached hydrogens (tertiary/aromatic N) is 2. The Kier molecular flexibility index (Phi) is 8.15. The van der Waals surface area contributed by atoms with E-state index >= 15 is 0 Å². The van der Waals surface area contributed by atoms with Gasteiger partial charge >= 0.3 is 0 Å². The van der Waals surface area contributed by atoms with Crippen LogP contribution in [0.4, 0.5) is 0 Å². The largest absolute Gasteiger partial charge is 0.395 e. The quantitative estimate of drug-likeness (QED) is 0.629. The van der Waals surface area contributed by atoms with Gasteiger partial charge in [0.15, 0.2) is 0 Å². The number of hydrogen-bond acceptors (Lipinski definition) is 4. The first-order valence-corrected chi connectivity index (χ1v) is 5.60. The summed E-state index contributed by atoms with van der Waals surface area (Å²) in [6.45, 7) is 6.07. The number of ether oxygens (including phenoxy) is 1. The molecule has 0 unspecified atom stereocenters. The Morgan fingerprint density at radius 2 is 2.00 bits per heavy atom. The number of carbonyl (C=O) groups is 1. The summed E-state index contributed by atoms with van der Waals surface area (Å²) in [4.78, 5) is 15.4. The number of amides is 1. The van der Waals surface area contributed by atoms with Gasteiger partial charge in [-0.2, -0.15) is 0 Å². The van der Waals surface area contributed by atoms with Crippen molar-refractivity contribution in [2.45, 2.75) is 19.9 Å². The van der Waals surface area contributed by atoms with E-state index in [1.54, 1.807) is 19.1 Å². The summed E-state index contributed by atoms with van der Waals surface area (Å²) in [5, 5.41) is 8.89. The molecule has 1 amide bonds. The topological polar surface area (TPSA) is 53.0 Å². The molecule has 0 aromatic heterocycles. The highest BCUT2D eigenvalue weighted by Gasteiger charge is 2.15. The van der Waals surface area contributed by atoms with Crippen LogP contribution in [0.3, 0.4) is 0 Å². The molecule has 0 saturated carbocycles. The molecule has 0 fully saturated rings. The lowest BCUT2D eigenvalue weighted by atomic mass is 10.3. The molecule has 0 aliphatic heterocycles. The Balaban J connectivity index is 4.11. The fourth-order valence-electron chi connectivity index (χ4n) is 1.22. The van der Waals surface area contributed by atoms with Gasteiger partial charge in [0.05, 0.1) is 19.8 Å². The Morgan fingerprint density at radius 3 is 2.44 bits per heavy atom. The van der Waals surface area contributed by atoms with Gasteiger partial charge in [0.25, 0.3) is 0 Å². The SMILES string of the molecule is COCCN(CCO)CC(=O)N(C)C(C)C. The molecule has 0 radical (unpaired) electrons. The molecule has 0 bridgehead atoms. The number of hydrogen-bond donors (Lipinski definition) is 1. The van der Waals surface area contributed by atoms with Crippen molar-refractivity contribution in [2.75, 3.05) is 47.0 Å². The Hall–Kier alpha value is -0.650. The van der Waals surface area contributed by atoms with Crippen molar-refractivity contribution in [2.24, 2.45) is 0 Å². The average molecular weight is 232 g/mol. The fraction of sp³-hybridized carbons (Fsp3) is 0.909. The van der Waals surface area contributed by atoms with Gasteiger partial charge < -0.3 is 14.7 Å². The second-order valence-electron chi connectivity index (χ2n) is 4.09. The number of aliphatic hydroxyl groups is 1. The first kappa shape index (κ1) is 15.3. The summed E-state index contributed by atoms with van der Waals surface area (Å²) in [6.07, 6.45) is 0. The van der Waals surface area contributed by atoms with E-state index < -0.39 is 0 Å². The van der Waals surface area contributed by atoms with Crippen molar-refractivity contribution in [3.05, 3.63) is 0 Å². The third-order valence-corrected chi connectivity index (χ3v) is 2.55. The van der Waals surface area contributed by atoms with E-state index in [4.69, 9.17) is 9.84 Å². The number of methoxy groups -OCH3 is 1. The molecule has 16 heavy (non-hydrogen) atoms. The first-order valence-electron chi connectivity index (χ1n) is 5.60. The van der Waals surface area contributed by atoms with Crippen LogP contribution in [0.15, 0.2) is 0 Å². The van der Waals surface area contributed by atoms with E-state index in [-0.39, 0.29) is 18.6 Å². The molecule has 96 valence electrons. The lowest BCUT2D eigenvalue weighted by molar-refractivity contribution is -0.132. The third-order valence-electron chi connectivity index (χ3n) is 2.55. The van der Waals surface area contributed by atoms with Crippen LogP contribution in [0.25, 0.3) is 0 Å². The molecular weight excluding hydrogens is 208 g/mol. The van der Waals surface area contributed by atoms with E-state index in [0.717, 1.165) is 0 Å². The van der Waals surface area contributed by atoms with Gasteiger partial charge in [-0.25, -0.2) is 0 Å². The van der Waals surface area contributed by atoms with Gasteiger partial charge in [0.2, 0.25) is 5.91 Å². The van der Waals surface area contributed by atoms with Crippen molar-refractivity contribution in [1.29, 1.82) is 0 Å². The highest BCUT2D eigenvalue weighted by molar-refractivity contribution is 5.78. The van der Waals surface area contributed by atoms with Gasteiger partial charge in [-0.1, -0.05) is 0 Å². The van der Waals surface area contributed by atoms with Crippen LogP contribution in [0.2, 0.25) is 0 Å². The molecule has 1 N–H and O–H groups in total. The van der Waals surface area contributed by atoms with Crippen LogP contribution in [0.1, 0.15) is 13.8 Å². The van der Waals surface area contributed by atoms with Crippen LogP contribution in [0.5, 0.6) is 0 Å². The minimum atomic E-state index is 0.0579. The van der Waals surface area contributed by atoms with E-state index in [1.165, 1.54) is 0 Å². The zero-order valence-corrected chi connectivity index (χ0v) is 10.8. The predicted molar refractivity (Wildman–Crippen MR) is 63.3 cm³/mol. The molecule has 0 aromatic rings. The smallest absolute Gasteiger partial charge is 0.236 e. The van der Waals surface area contributed by atoms with E-state index in [1.807, 2.05) is 18.7 Å². The highest BCUT2D eigenvalue weighted by Crippen LogP contribution is 1.97. The van der Waals surface area contributed by atoms with Crippen molar-refractivity contribution < 1.29 is 14.6 Å². The summed E-state index contributed by atoms with van der Waals surface area (Å²) in [7, 11) is 3.42. The Labute approximate surface area is 98.0 Å². The second-order valence-corrected chi connectivity index (χ2v) is 4.09. The molecule has 0 saturated heterocycles. The van der Waals surface area contributed by atoms with E-state index in [2.05, 4.69) is 0 Å². The molecule has 5 nitrogen and oxygen atoms in total. The zero-order valence-electron chi connectivity index (χ0n) is 10.8. The summed E-state index contributed by atoms with van der Waals surface area (Å²) >= 11 is 0. The van der Waals surface area contributed by atoms with Crippen LogP contribution in [-0.4, -0.2) is 73.9 Å². The number of likely N-dealkylation sites (N-methyl/N-ethyl adjacent to an activating group) is 1. The molecule has 0 aromatic carbocycles. The first-order chi connectivity index (χ1) is 7.52. The maximum Gasteiger partial charge on any atom is 0.236 e. The summed E-state index contributed by atoms with van der Waals surface area (Å²) in [5.74, 6) is 0.0690. The second kappa shape index (κ2) is 8.50. The maximum atomic E-state index is 11.8. The molecule has 0 atom stereocenters. The minimum Gasteiger partial charge on any atom is -0.395 e. The van der Waals surface area contributed by atoms with Crippen LogP contribution < -0.4 is 0 Å². The average Bonchev–Trinajstić information content (AvgIpc) is 2.24. The molecule has 5 heteroatoms. The van der Waals surface area contributed by atoms with Gasteiger partial charge in [-0.15, -0.1) is 0 Å². The van der Waals surface area contributed by atoms with Crippen LogP contribution in [-0.2, 0) is 9.53 Å². The van der Waals surface area contributed by atoms with Gasteiger partial charge in [-0.05, 0) is 13.8 Å². The number of rotatable bonds is 8. The van der Waals surface area contributed by atoms with Gasteiger partial charge in [0.1, 0.15) is 0 Å². The minimum absolute atomic E-state index is 0.0579. The van der Waals surface area contributed by atoms with Crippen LogP contribution >= 0.6 is 0 Å². The normalized spacial score (nSPS) is 11.2. The summed E-state index contributed by atoms with van der Waals surface area (Å²) < 4.78 is 4.96. The molecular formula is C11H24N2O3. The predicted octanol–water partition coefficient (Wildman–Crippen LogP) is -0.206. The van der Waals surface area contributed by atoms with Crippen LogP contribution in [0, 0.1) is 0 Å². The molecule has 0 rings (SSSR count). The standard InChI is InChI=1S/C11H24N2O3/c1-10(2)12(3)11(15)9-13(5-7-14)6-8-16-4/h10,14H,5-9H2,1-4H3. The fourth-order valence-corrected chi connectivity index (χ4v) is 1.22. The Bertz CT molecular complexity index is 198. The molecule has 0 aliphatic carbocycles. The summed E-state index contributed by atoms with van der Waals surface area (Å²) in [6, 6.07) is 0.200. The molecule has 0 spiro atoms. The lowest BCUT2D eigenvalue weighted by Gasteiger charge is -2.26. The highest BCUT2D eigenvalue weighted by atomic mass is 16.5. The van der Waals surface area contributed by atoms with Gasteiger partial charge in [0, 0.05) is 33.3 Å². The zero-order chi connectivity index (χ0) is 12.6. The molecule has 0 heterocycles. The van der Waals surface area contributed by atoms with Gasteiger partial charge in [-0.3, -0.25) is 9.69 Å². The third kappa shape index (κ3) is 6.05. The van der Waals surface area contributed by atoms with Crippen molar-refractivity contribution in [3.8, 4) is 0 Å².